The number of hydrogen-bond acceptors (Lipinski definition) is 3. The van der Waals surface area contributed by atoms with E-state index in [1.807, 2.05) is 13.8 Å². The van der Waals surface area contributed by atoms with Gasteiger partial charge in [0.1, 0.15) is 11.5 Å². The molecule has 2 aliphatic heterocycles. The number of alkyl halides is 3. The quantitative estimate of drug-likeness (QED) is 0.430. The number of rotatable bonds is 6. The van der Waals surface area contributed by atoms with Crippen LogP contribution in [-0.2, 0) is 11.2 Å². The Morgan fingerprint density at radius 1 is 1.14 bits per heavy atom. The maximum absolute atomic E-state index is 14.1. The first-order valence-corrected chi connectivity index (χ1v) is 11.8. The van der Waals surface area contributed by atoms with E-state index in [0.717, 1.165) is 6.07 Å². The van der Waals surface area contributed by atoms with Crippen LogP contribution in [0.3, 0.4) is 0 Å². The van der Waals surface area contributed by atoms with Gasteiger partial charge in [-0.3, -0.25) is 4.79 Å². The van der Waals surface area contributed by atoms with Crippen molar-refractivity contribution in [3.63, 3.8) is 0 Å². The third-order valence-electron chi connectivity index (χ3n) is 6.91. The smallest absolute Gasteiger partial charge is 0.338 e. The van der Waals surface area contributed by atoms with Crippen molar-refractivity contribution in [3.8, 4) is 0 Å². The minimum absolute atomic E-state index is 0.00968. The summed E-state index contributed by atoms with van der Waals surface area (Å²) < 4.78 is 82.6. The third-order valence-corrected chi connectivity index (χ3v) is 6.91. The molecule has 0 saturated carbocycles. The molecule has 1 aromatic rings. The Labute approximate surface area is 201 Å². The summed E-state index contributed by atoms with van der Waals surface area (Å²) in [5.41, 5.74) is -0.318. The minimum Gasteiger partial charge on any atom is -0.338 e. The van der Waals surface area contributed by atoms with Crippen LogP contribution in [0.15, 0.2) is 35.7 Å². The molecule has 3 rings (SSSR count). The van der Waals surface area contributed by atoms with Crippen molar-refractivity contribution >= 4 is 5.91 Å². The molecule has 3 atom stereocenters. The number of hydrogen-bond donors (Lipinski definition) is 1. The largest absolute Gasteiger partial charge is 0.431 e. The lowest BCUT2D eigenvalue weighted by Crippen LogP contribution is -2.50. The molecule has 0 spiro atoms. The zero-order valence-electron chi connectivity index (χ0n) is 20.1. The summed E-state index contributed by atoms with van der Waals surface area (Å²) >= 11 is 0. The molecular weight excluding hydrogens is 472 g/mol. The molecule has 1 saturated heterocycles. The Morgan fingerprint density at radius 2 is 1.83 bits per heavy atom. The molecule has 0 aliphatic carbocycles. The average molecular weight is 504 g/mol. The molecule has 194 valence electrons. The van der Waals surface area contributed by atoms with E-state index in [4.69, 9.17) is 0 Å². The maximum atomic E-state index is 14.1. The summed E-state index contributed by atoms with van der Waals surface area (Å²) in [7, 11) is 1.57. The van der Waals surface area contributed by atoms with Gasteiger partial charge >= 0.3 is 6.18 Å². The molecule has 0 bridgehead atoms. The van der Waals surface area contributed by atoms with Crippen LogP contribution in [0.4, 0.5) is 26.3 Å². The van der Waals surface area contributed by atoms with Crippen LogP contribution in [0.25, 0.3) is 0 Å². The number of amides is 1. The summed E-state index contributed by atoms with van der Waals surface area (Å²) in [6, 6.07) is 0.671. The van der Waals surface area contributed by atoms with Crippen molar-refractivity contribution in [1.29, 1.82) is 0 Å². The van der Waals surface area contributed by atoms with E-state index in [2.05, 4.69) is 5.32 Å². The van der Waals surface area contributed by atoms with E-state index in [1.54, 1.807) is 13.1 Å². The molecule has 2 aliphatic rings. The molecule has 4 nitrogen and oxygen atoms in total. The van der Waals surface area contributed by atoms with Gasteiger partial charge in [0.2, 0.25) is 5.91 Å². The average Bonchev–Trinajstić information content (AvgIpc) is 2.79. The molecule has 1 N–H and O–H groups in total. The second kappa shape index (κ2) is 11.1. The van der Waals surface area contributed by atoms with Gasteiger partial charge in [-0.05, 0) is 49.8 Å². The van der Waals surface area contributed by atoms with Crippen LogP contribution in [0, 0.1) is 29.3 Å². The summed E-state index contributed by atoms with van der Waals surface area (Å²) in [5, 5.41) is 2.89. The zero-order chi connectivity index (χ0) is 25.9. The second-order valence-electron chi connectivity index (χ2n) is 9.25. The first-order valence-electron chi connectivity index (χ1n) is 11.8. The number of fused-ring (bicyclic) bond motifs is 1. The molecule has 35 heavy (non-hydrogen) atoms. The maximum Gasteiger partial charge on any atom is 0.431 e. The Hall–Kier alpha value is -2.49. The summed E-state index contributed by atoms with van der Waals surface area (Å²) in [6.07, 6.45) is -0.319. The Morgan fingerprint density at radius 3 is 2.46 bits per heavy atom. The van der Waals surface area contributed by atoms with Crippen molar-refractivity contribution in [1.82, 2.24) is 15.1 Å². The van der Waals surface area contributed by atoms with E-state index in [1.165, 1.54) is 15.9 Å². The number of nitrogens with one attached hydrogen (secondary N) is 1. The molecule has 0 aromatic heterocycles. The predicted octanol–water partition coefficient (Wildman–Crippen LogP) is 5.16. The van der Waals surface area contributed by atoms with Crippen molar-refractivity contribution < 1.29 is 31.1 Å². The number of carbonyl (C=O) groups excluding carboxylic acids is 1. The van der Waals surface area contributed by atoms with Crippen LogP contribution < -0.4 is 5.32 Å². The highest BCUT2D eigenvalue weighted by Crippen LogP contribution is 2.37. The molecule has 2 heterocycles. The fourth-order valence-electron chi connectivity index (χ4n) is 4.71. The SMILES string of the molecule is CCC1/C=C(/C(F)(F)F)N2CCN(C(=O)CC(Cc3cc(F)c(F)cc3F)NC)C/C2=C\CC1C. The molecule has 3 unspecified atom stereocenters. The summed E-state index contributed by atoms with van der Waals surface area (Å²) in [4.78, 5) is 15.8. The molecule has 0 radical (unpaired) electrons. The Bertz CT molecular complexity index is 990. The Kier molecular flexibility index (Phi) is 8.56. The number of nitrogens with zero attached hydrogens (tertiary/aromatic N) is 2. The van der Waals surface area contributed by atoms with E-state index in [0.29, 0.717) is 24.6 Å². The molecule has 10 heteroatoms. The minimum atomic E-state index is -4.51. The number of carbonyl (C=O) groups is 1. The van der Waals surface area contributed by atoms with Gasteiger partial charge in [-0.25, -0.2) is 13.2 Å². The first-order chi connectivity index (χ1) is 16.4. The lowest BCUT2D eigenvalue weighted by molar-refractivity contribution is -0.133. The highest BCUT2D eigenvalue weighted by Gasteiger charge is 2.42. The third kappa shape index (κ3) is 6.39. The van der Waals surface area contributed by atoms with Gasteiger partial charge in [0.25, 0.3) is 0 Å². The van der Waals surface area contributed by atoms with Crippen molar-refractivity contribution in [2.24, 2.45) is 11.8 Å². The highest BCUT2D eigenvalue weighted by molar-refractivity contribution is 5.77. The number of allylic oxidation sites excluding steroid dienone is 3. The van der Waals surface area contributed by atoms with Crippen molar-refractivity contribution in [2.45, 2.75) is 51.7 Å². The second-order valence-corrected chi connectivity index (χ2v) is 9.25. The van der Waals surface area contributed by atoms with Gasteiger partial charge in [0.05, 0.1) is 6.54 Å². The van der Waals surface area contributed by atoms with Crippen LogP contribution in [-0.4, -0.2) is 54.6 Å². The van der Waals surface area contributed by atoms with Gasteiger partial charge < -0.3 is 15.1 Å². The van der Waals surface area contributed by atoms with Gasteiger partial charge in [-0.1, -0.05) is 26.0 Å². The normalized spacial score (nSPS) is 25.1. The zero-order valence-corrected chi connectivity index (χ0v) is 20.1. The lowest BCUT2D eigenvalue weighted by Gasteiger charge is -2.42. The van der Waals surface area contributed by atoms with E-state index >= 15 is 0 Å². The Balaban J connectivity index is 1.74. The van der Waals surface area contributed by atoms with Gasteiger partial charge in [-0.15, -0.1) is 0 Å². The summed E-state index contributed by atoms with van der Waals surface area (Å²) in [6.45, 7) is 3.94. The number of likely N-dealkylation sites (N-methyl/N-ethyl adjacent to an activating group) is 1. The predicted molar refractivity (Wildman–Crippen MR) is 121 cm³/mol. The van der Waals surface area contributed by atoms with Gasteiger partial charge in [0, 0.05) is 37.3 Å². The number of benzene rings is 1. The van der Waals surface area contributed by atoms with Crippen LogP contribution in [0.5, 0.6) is 0 Å². The van der Waals surface area contributed by atoms with Gasteiger partial charge in [-0.2, -0.15) is 13.2 Å². The van der Waals surface area contributed by atoms with Crippen molar-refractivity contribution in [2.75, 3.05) is 26.7 Å². The van der Waals surface area contributed by atoms with Crippen molar-refractivity contribution in [3.05, 3.63) is 58.7 Å². The van der Waals surface area contributed by atoms with Crippen LogP contribution >= 0.6 is 0 Å². The fourth-order valence-corrected chi connectivity index (χ4v) is 4.71. The standard InChI is InChI=1S/C25H31F6N3O/c1-4-16-11-23(25(29,30)31)34-8-7-33(14-19(34)6-5-15(16)2)24(35)12-18(32-3)9-17-10-21(27)22(28)13-20(17)26/h6,10-11,13,15-16,18,32H,4-5,7-9,12,14H2,1-3H3/b19-6+,23-11-. The van der Waals surface area contributed by atoms with E-state index in [9.17, 15) is 31.1 Å². The van der Waals surface area contributed by atoms with E-state index in [-0.39, 0.29) is 55.8 Å². The molecule has 1 amide bonds. The molecule has 1 fully saturated rings. The fraction of sp³-hybridized carbons (Fsp3) is 0.560. The highest BCUT2D eigenvalue weighted by atomic mass is 19.4. The van der Waals surface area contributed by atoms with Crippen LogP contribution in [0.1, 0.15) is 38.7 Å². The number of piperazine rings is 1. The van der Waals surface area contributed by atoms with Gasteiger partial charge in [0.15, 0.2) is 11.6 Å². The monoisotopic (exact) mass is 503 g/mol. The number of halogens is 6. The summed E-state index contributed by atoms with van der Waals surface area (Å²) in [5.74, 6) is -3.86. The van der Waals surface area contributed by atoms with Crippen LogP contribution in [0.2, 0.25) is 0 Å². The van der Waals surface area contributed by atoms with E-state index < -0.39 is 35.4 Å². The topological polar surface area (TPSA) is 35.6 Å². The molecule has 1 aromatic carbocycles. The molecular formula is C25H31F6N3O. The lowest BCUT2D eigenvalue weighted by atomic mass is 9.86. The first kappa shape index (κ1) is 27.1.